The minimum Gasteiger partial charge on any atom is -0.338 e. The largest absolute Gasteiger partial charge is 0.338 e. The molecule has 0 amide bonds. The Labute approximate surface area is 115 Å². The summed E-state index contributed by atoms with van der Waals surface area (Å²) in [5.74, 6) is -0.670. The summed E-state index contributed by atoms with van der Waals surface area (Å²) in [5.41, 5.74) is 5.83. The molecule has 0 spiro atoms. The van der Waals surface area contributed by atoms with E-state index in [4.69, 9.17) is 10.3 Å². The summed E-state index contributed by atoms with van der Waals surface area (Å²) in [6, 6.07) is 3.17. The number of nitrogens with two attached hydrogens (primary N) is 1. The van der Waals surface area contributed by atoms with Crippen LogP contribution < -0.4 is 5.73 Å². The van der Waals surface area contributed by atoms with E-state index in [2.05, 4.69) is 10.1 Å². The molecule has 3 rings (SSSR count). The first-order valence-electron chi connectivity index (χ1n) is 6.64. The van der Waals surface area contributed by atoms with Gasteiger partial charge in [-0.25, -0.2) is 8.78 Å². The number of benzene rings is 1. The molecule has 1 fully saturated rings. The van der Waals surface area contributed by atoms with E-state index in [-0.39, 0.29) is 16.8 Å². The van der Waals surface area contributed by atoms with Crippen LogP contribution in [0.2, 0.25) is 0 Å². The summed E-state index contributed by atoms with van der Waals surface area (Å²) in [4.78, 5) is 4.30. The average Bonchev–Trinajstić information content (AvgIpc) is 3.07. The molecule has 2 N–H and O–H groups in total. The van der Waals surface area contributed by atoms with Gasteiger partial charge in [-0.2, -0.15) is 4.98 Å². The first-order valence-corrected chi connectivity index (χ1v) is 6.64. The van der Waals surface area contributed by atoms with E-state index in [1.807, 2.05) is 0 Å². The molecule has 1 saturated carbocycles. The van der Waals surface area contributed by atoms with E-state index in [9.17, 15) is 8.78 Å². The molecular weight excluding hydrogens is 264 g/mol. The fraction of sp³-hybridized carbons (Fsp3) is 0.429. The van der Waals surface area contributed by atoms with E-state index in [1.165, 1.54) is 12.1 Å². The van der Waals surface area contributed by atoms with Gasteiger partial charge >= 0.3 is 0 Å². The van der Waals surface area contributed by atoms with Gasteiger partial charge in [-0.15, -0.1) is 0 Å². The number of halogens is 2. The molecule has 0 bridgehead atoms. The predicted octanol–water partition coefficient (Wildman–Crippen LogP) is 2.79. The van der Waals surface area contributed by atoms with Crippen molar-refractivity contribution in [3.63, 3.8) is 0 Å². The van der Waals surface area contributed by atoms with Crippen LogP contribution in [-0.4, -0.2) is 16.7 Å². The zero-order valence-electron chi connectivity index (χ0n) is 10.9. The van der Waals surface area contributed by atoms with Crippen molar-refractivity contribution in [3.8, 4) is 11.4 Å². The SMILES string of the molecule is NCC1(c2nc(-c3cc(F)cc(F)c3)no2)CCCC1. The predicted molar refractivity (Wildman–Crippen MR) is 68.9 cm³/mol. The second-order valence-corrected chi connectivity index (χ2v) is 5.27. The Hall–Kier alpha value is -1.82. The first-order chi connectivity index (χ1) is 9.63. The molecule has 1 aliphatic rings. The number of hydrogen-bond acceptors (Lipinski definition) is 4. The molecule has 0 radical (unpaired) electrons. The van der Waals surface area contributed by atoms with Gasteiger partial charge in [-0.3, -0.25) is 0 Å². The van der Waals surface area contributed by atoms with Crippen molar-refractivity contribution in [1.82, 2.24) is 10.1 Å². The van der Waals surface area contributed by atoms with Crippen LogP contribution in [0.25, 0.3) is 11.4 Å². The Morgan fingerprint density at radius 3 is 2.40 bits per heavy atom. The van der Waals surface area contributed by atoms with Gasteiger partial charge in [0.25, 0.3) is 0 Å². The molecule has 4 nitrogen and oxygen atoms in total. The number of nitrogens with zero attached hydrogens (tertiary/aromatic N) is 2. The lowest BCUT2D eigenvalue weighted by Crippen LogP contribution is -2.32. The summed E-state index contributed by atoms with van der Waals surface area (Å²) in [7, 11) is 0. The number of rotatable bonds is 3. The van der Waals surface area contributed by atoms with Crippen LogP contribution in [-0.2, 0) is 5.41 Å². The summed E-state index contributed by atoms with van der Waals surface area (Å²) in [6.45, 7) is 0.437. The monoisotopic (exact) mass is 279 g/mol. The van der Waals surface area contributed by atoms with E-state index in [0.29, 0.717) is 12.4 Å². The fourth-order valence-corrected chi connectivity index (χ4v) is 2.80. The van der Waals surface area contributed by atoms with Crippen LogP contribution >= 0.6 is 0 Å². The van der Waals surface area contributed by atoms with Crippen molar-refractivity contribution in [2.45, 2.75) is 31.1 Å². The second-order valence-electron chi connectivity index (χ2n) is 5.27. The molecule has 0 atom stereocenters. The molecular formula is C14H15F2N3O. The zero-order chi connectivity index (χ0) is 14.2. The van der Waals surface area contributed by atoms with Gasteiger partial charge in [0.15, 0.2) is 0 Å². The maximum atomic E-state index is 13.2. The average molecular weight is 279 g/mol. The maximum absolute atomic E-state index is 13.2. The molecule has 6 heteroatoms. The highest BCUT2D eigenvalue weighted by atomic mass is 19.1. The van der Waals surface area contributed by atoms with Crippen molar-refractivity contribution in [1.29, 1.82) is 0 Å². The molecule has 2 aromatic rings. The highest BCUT2D eigenvalue weighted by Crippen LogP contribution is 2.39. The standard InChI is InChI=1S/C14H15F2N3O/c15-10-5-9(6-11(16)7-10)12-18-13(20-19-12)14(8-17)3-1-2-4-14/h5-7H,1-4,8,17H2. The van der Waals surface area contributed by atoms with Gasteiger partial charge < -0.3 is 10.3 Å². The minimum absolute atomic E-state index is 0.193. The van der Waals surface area contributed by atoms with Gasteiger partial charge in [-0.1, -0.05) is 18.0 Å². The van der Waals surface area contributed by atoms with Crippen molar-refractivity contribution < 1.29 is 13.3 Å². The van der Waals surface area contributed by atoms with E-state index in [0.717, 1.165) is 31.7 Å². The summed E-state index contributed by atoms with van der Waals surface area (Å²) >= 11 is 0. The van der Waals surface area contributed by atoms with Crippen LogP contribution in [0.3, 0.4) is 0 Å². The number of aromatic nitrogens is 2. The molecule has 1 heterocycles. The number of hydrogen-bond donors (Lipinski definition) is 1. The minimum atomic E-state index is -0.666. The first kappa shape index (κ1) is 13.2. The smallest absolute Gasteiger partial charge is 0.234 e. The molecule has 1 aliphatic carbocycles. The summed E-state index contributed by atoms with van der Waals surface area (Å²) < 4.78 is 31.7. The third-order valence-electron chi connectivity index (χ3n) is 3.95. The highest BCUT2D eigenvalue weighted by molar-refractivity contribution is 5.54. The Morgan fingerprint density at radius 1 is 1.15 bits per heavy atom. The zero-order valence-corrected chi connectivity index (χ0v) is 10.9. The van der Waals surface area contributed by atoms with Gasteiger partial charge in [0.05, 0.1) is 5.41 Å². The lowest BCUT2D eigenvalue weighted by molar-refractivity contribution is 0.284. The van der Waals surface area contributed by atoms with E-state index in [1.54, 1.807) is 0 Å². The second kappa shape index (κ2) is 4.94. The van der Waals surface area contributed by atoms with Gasteiger partial charge in [0.1, 0.15) is 11.6 Å². The maximum Gasteiger partial charge on any atom is 0.234 e. The Bertz CT molecular complexity index is 600. The molecule has 0 unspecified atom stereocenters. The Kier molecular flexibility index (Phi) is 3.25. The Morgan fingerprint density at radius 2 is 1.80 bits per heavy atom. The van der Waals surface area contributed by atoms with Crippen molar-refractivity contribution in [2.75, 3.05) is 6.54 Å². The quantitative estimate of drug-likeness (QED) is 0.938. The van der Waals surface area contributed by atoms with Crippen LogP contribution in [0.4, 0.5) is 8.78 Å². The summed E-state index contributed by atoms with van der Waals surface area (Å²) in [6.07, 6.45) is 3.96. The third kappa shape index (κ3) is 2.20. The van der Waals surface area contributed by atoms with Gasteiger partial charge in [0.2, 0.25) is 11.7 Å². The lowest BCUT2D eigenvalue weighted by Gasteiger charge is -2.21. The van der Waals surface area contributed by atoms with E-state index >= 15 is 0 Å². The Balaban J connectivity index is 1.97. The van der Waals surface area contributed by atoms with Crippen molar-refractivity contribution in [3.05, 3.63) is 35.7 Å². The van der Waals surface area contributed by atoms with Crippen LogP contribution in [0.15, 0.2) is 22.7 Å². The molecule has 106 valence electrons. The molecule has 1 aromatic heterocycles. The van der Waals surface area contributed by atoms with Crippen molar-refractivity contribution >= 4 is 0 Å². The molecule has 0 aliphatic heterocycles. The van der Waals surface area contributed by atoms with E-state index < -0.39 is 11.6 Å². The van der Waals surface area contributed by atoms with Gasteiger partial charge in [-0.05, 0) is 25.0 Å². The van der Waals surface area contributed by atoms with Crippen LogP contribution in [0.1, 0.15) is 31.6 Å². The molecule has 20 heavy (non-hydrogen) atoms. The fourth-order valence-electron chi connectivity index (χ4n) is 2.80. The van der Waals surface area contributed by atoms with Crippen LogP contribution in [0.5, 0.6) is 0 Å². The topological polar surface area (TPSA) is 64.9 Å². The van der Waals surface area contributed by atoms with Gasteiger partial charge in [0, 0.05) is 18.2 Å². The lowest BCUT2D eigenvalue weighted by atomic mass is 9.86. The molecule has 0 saturated heterocycles. The summed E-state index contributed by atoms with van der Waals surface area (Å²) in [5, 5.41) is 3.83. The third-order valence-corrected chi connectivity index (χ3v) is 3.95. The molecule has 1 aromatic carbocycles. The highest BCUT2D eigenvalue weighted by Gasteiger charge is 2.39. The normalized spacial score (nSPS) is 17.6. The van der Waals surface area contributed by atoms with Crippen LogP contribution in [0, 0.1) is 11.6 Å². The van der Waals surface area contributed by atoms with Crippen molar-refractivity contribution in [2.24, 2.45) is 5.73 Å².